The van der Waals surface area contributed by atoms with Crippen LogP contribution in [0.25, 0.3) is 0 Å². The molecule has 1 atom stereocenters. The Bertz CT molecular complexity index is 367. The molecular weight excluding hydrogens is 242 g/mol. The van der Waals surface area contributed by atoms with Crippen molar-refractivity contribution >= 4 is 17.4 Å². The van der Waals surface area contributed by atoms with Crippen LogP contribution in [-0.2, 0) is 0 Å². The third kappa shape index (κ3) is 4.03. The number of hydrogen-bond acceptors (Lipinski definition) is 4. The molecule has 2 heterocycles. The molecule has 0 spiro atoms. The number of rotatable bonds is 4. The zero-order valence-electron chi connectivity index (χ0n) is 10.9. The van der Waals surface area contributed by atoms with Crippen LogP contribution < -0.4 is 10.2 Å². The van der Waals surface area contributed by atoms with Gasteiger partial charge in [0.05, 0.1) is 17.3 Å². The molecule has 1 unspecified atom stereocenters. The number of anilines is 1. The van der Waals surface area contributed by atoms with E-state index in [1.54, 1.807) is 0 Å². The van der Waals surface area contributed by atoms with Gasteiger partial charge in [0.25, 0.3) is 0 Å². The summed E-state index contributed by atoms with van der Waals surface area (Å²) in [6.07, 6.45) is 8.27. The zero-order valence-corrected chi connectivity index (χ0v) is 11.7. The second-order valence-electron chi connectivity index (χ2n) is 4.35. The maximum Gasteiger partial charge on any atom is 0.0591 e. The van der Waals surface area contributed by atoms with Crippen LogP contribution in [0.15, 0.2) is 36.0 Å². The van der Waals surface area contributed by atoms with E-state index in [1.165, 1.54) is 5.69 Å². The Morgan fingerprint density at radius 3 is 3.28 bits per heavy atom. The molecule has 1 aliphatic rings. The van der Waals surface area contributed by atoms with Gasteiger partial charge in [0.1, 0.15) is 0 Å². The number of hydrogen-bond donors (Lipinski definition) is 1. The SMILES string of the molecule is CCC=CSC1CCN(c2cccnc2)CCN1. The van der Waals surface area contributed by atoms with Crippen molar-refractivity contribution in [2.75, 3.05) is 24.5 Å². The molecule has 0 aliphatic carbocycles. The average Bonchev–Trinajstić information content (AvgIpc) is 2.66. The molecule has 1 fully saturated rings. The quantitative estimate of drug-likeness (QED) is 0.904. The summed E-state index contributed by atoms with van der Waals surface area (Å²) in [5, 5.41) is 6.35. The molecule has 1 aromatic heterocycles. The summed E-state index contributed by atoms with van der Waals surface area (Å²) in [7, 11) is 0. The molecule has 1 N–H and O–H groups in total. The number of nitrogens with zero attached hydrogens (tertiary/aromatic N) is 2. The average molecular weight is 263 g/mol. The molecule has 0 radical (unpaired) electrons. The van der Waals surface area contributed by atoms with Gasteiger partial charge < -0.3 is 10.2 Å². The van der Waals surface area contributed by atoms with Crippen molar-refractivity contribution in [3.63, 3.8) is 0 Å². The van der Waals surface area contributed by atoms with Crippen LogP contribution >= 0.6 is 11.8 Å². The van der Waals surface area contributed by atoms with E-state index in [0.29, 0.717) is 5.37 Å². The highest BCUT2D eigenvalue weighted by molar-refractivity contribution is 8.02. The van der Waals surface area contributed by atoms with Gasteiger partial charge in [0.15, 0.2) is 0 Å². The fraction of sp³-hybridized carbons (Fsp3) is 0.500. The third-order valence-electron chi connectivity index (χ3n) is 3.00. The Morgan fingerprint density at radius 1 is 1.56 bits per heavy atom. The molecule has 1 aromatic rings. The summed E-state index contributed by atoms with van der Waals surface area (Å²) < 4.78 is 0. The Labute approximate surface area is 114 Å². The first kappa shape index (κ1) is 13.4. The first-order chi connectivity index (χ1) is 8.90. The molecule has 1 saturated heterocycles. The summed E-state index contributed by atoms with van der Waals surface area (Å²) in [6, 6.07) is 4.14. The largest absolute Gasteiger partial charge is 0.369 e. The van der Waals surface area contributed by atoms with E-state index in [4.69, 9.17) is 0 Å². The van der Waals surface area contributed by atoms with Crippen LogP contribution in [0.2, 0.25) is 0 Å². The number of aromatic nitrogens is 1. The van der Waals surface area contributed by atoms with Crippen molar-refractivity contribution in [2.45, 2.75) is 25.1 Å². The lowest BCUT2D eigenvalue weighted by Crippen LogP contribution is -2.28. The zero-order chi connectivity index (χ0) is 12.6. The molecular formula is C14H21N3S. The van der Waals surface area contributed by atoms with Crippen LogP contribution in [0.5, 0.6) is 0 Å². The van der Waals surface area contributed by atoms with Gasteiger partial charge in [-0.1, -0.05) is 13.0 Å². The standard InChI is InChI=1S/C14H21N3S/c1-2-3-11-18-14-6-9-17(10-8-16-14)13-5-4-7-15-12-13/h3-5,7,11-12,14,16H,2,6,8-10H2,1H3. The van der Waals surface area contributed by atoms with Gasteiger partial charge in [-0.2, -0.15) is 0 Å². The van der Waals surface area contributed by atoms with Crippen LogP contribution in [0.4, 0.5) is 5.69 Å². The predicted molar refractivity (Wildman–Crippen MR) is 79.9 cm³/mol. The maximum absolute atomic E-state index is 4.19. The van der Waals surface area contributed by atoms with Crippen LogP contribution in [0.1, 0.15) is 19.8 Å². The fourth-order valence-corrected chi connectivity index (χ4v) is 2.96. The minimum absolute atomic E-state index is 0.537. The van der Waals surface area contributed by atoms with Crippen LogP contribution in [-0.4, -0.2) is 30.0 Å². The molecule has 0 amide bonds. The van der Waals surface area contributed by atoms with Crippen molar-refractivity contribution < 1.29 is 0 Å². The van der Waals surface area contributed by atoms with Crippen molar-refractivity contribution in [1.82, 2.24) is 10.3 Å². The minimum atomic E-state index is 0.537. The molecule has 18 heavy (non-hydrogen) atoms. The van der Waals surface area contributed by atoms with Crippen LogP contribution in [0, 0.1) is 0 Å². The lowest BCUT2D eigenvalue weighted by Gasteiger charge is -2.21. The monoisotopic (exact) mass is 263 g/mol. The molecule has 1 aliphatic heterocycles. The number of pyridine rings is 1. The maximum atomic E-state index is 4.19. The highest BCUT2D eigenvalue weighted by Crippen LogP contribution is 2.19. The number of nitrogens with one attached hydrogen (secondary N) is 1. The van der Waals surface area contributed by atoms with E-state index in [-0.39, 0.29) is 0 Å². The smallest absolute Gasteiger partial charge is 0.0591 e. The second-order valence-corrected chi connectivity index (χ2v) is 5.46. The Hall–Kier alpha value is -1.00. The second kappa shape index (κ2) is 7.44. The van der Waals surface area contributed by atoms with Crippen molar-refractivity contribution in [3.8, 4) is 0 Å². The van der Waals surface area contributed by atoms with E-state index in [1.807, 2.05) is 30.2 Å². The van der Waals surface area contributed by atoms with E-state index in [2.05, 4.69) is 39.7 Å². The van der Waals surface area contributed by atoms with Crippen molar-refractivity contribution in [1.29, 1.82) is 0 Å². The number of allylic oxidation sites excluding steroid dienone is 1. The Morgan fingerprint density at radius 2 is 2.50 bits per heavy atom. The van der Waals surface area contributed by atoms with E-state index < -0.39 is 0 Å². The highest BCUT2D eigenvalue weighted by Gasteiger charge is 2.15. The van der Waals surface area contributed by atoms with E-state index in [0.717, 1.165) is 32.5 Å². The van der Waals surface area contributed by atoms with Gasteiger partial charge in [0.2, 0.25) is 0 Å². The first-order valence-corrected chi connectivity index (χ1v) is 7.53. The highest BCUT2D eigenvalue weighted by atomic mass is 32.2. The topological polar surface area (TPSA) is 28.2 Å². The lowest BCUT2D eigenvalue weighted by atomic mass is 10.3. The predicted octanol–water partition coefficient (Wildman–Crippen LogP) is 2.86. The van der Waals surface area contributed by atoms with Gasteiger partial charge in [-0.25, -0.2) is 0 Å². The van der Waals surface area contributed by atoms with Crippen LogP contribution in [0.3, 0.4) is 0 Å². The molecule has 4 heteroatoms. The Balaban J connectivity index is 1.87. The van der Waals surface area contributed by atoms with Crippen molar-refractivity contribution in [2.24, 2.45) is 0 Å². The summed E-state index contributed by atoms with van der Waals surface area (Å²) in [5.74, 6) is 0. The number of thioether (sulfide) groups is 1. The Kier molecular flexibility index (Phi) is 5.55. The van der Waals surface area contributed by atoms with E-state index >= 15 is 0 Å². The van der Waals surface area contributed by atoms with Gasteiger partial charge in [-0.3, -0.25) is 4.98 Å². The summed E-state index contributed by atoms with van der Waals surface area (Å²) in [6.45, 7) is 5.35. The third-order valence-corrected chi connectivity index (χ3v) is 4.08. The van der Waals surface area contributed by atoms with Gasteiger partial charge in [-0.05, 0) is 30.4 Å². The molecule has 3 nitrogen and oxygen atoms in total. The van der Waals surface area contributed by atoms with Gasteiger partial charge in [0, 0.05) is 25.8 Å². The normalized spacial score (nSPS) is 21.2. The van der Waals surface area contributed by atoms with Crippen molar-refractivity contribution in [3.05, 3.63) is 36.0 Å². The molecule has 98 valence electrons. The van der Waals surface area contributed by atoms with Gasteiger partial charge >= 0.3 is 0 Å². The molecule has 0 aromatic carbocycles. The summed E-state index contributed by atoms with van der Waals surface area (Å²) in [5.41, 5.74) is 1.23. The lowest BCUT2D eigenvalue weighted by molar-refractivity contribution is 0.679. The first-order valence-electron chi connectivity index (χ1n) is 6.59. The van der Waals surface area contributed by atoms with Gasteiger partial charge in [-0.15, -0.1) is 11.8 Å². The minimum Gasteiger partial charge on any atom is -0.369 e. The fourth-order valence-electron chi connectivity index (χ4n) is 2.01. The molecule has 2 rings (SSSR count). The van der Waals surface area contributed by atoms with E-state index in [9.17, 15) is 0 Å². The summed E-state index contributed by atoms with van der Waals surface area (Å²) >= 11 is 1.90. The summed E-state index contributed by atoms with van der Waals surface area (Å²) in [4.78, 5) is 6.60. The molecule has 0 saturated carbocycles. The molecule has 0 bridgehead atoms.